The molecule has 1 atom stereocenters. The molecule has 7 heteroatoms. The second-order valence-electron chi connectivity index (χ2n) is 8.06. The molecule has 34 heavy (non-hydrogen) atoms. The van der Waals surface area contributed by atoms with Crippen LogP contribution in [0.5, 0.6) is 17.2 Å². The molecule has 0 aromatic heterocycles. The lowest BCUT2D eigenvalue weighted by atomic mass is 9.95. The average molecular weight is 482 g/mol. The van der Waals surface area contributed by atoms with Crippen molar-refractivity contribution in [2.45, 2.75) is 30.3 Å². The van der Waals surface area contributed by atoms with Gasteiger partial charge in [-0.15, -0.1) is 11.8 Å². The van der Waals surface area contributed by atoms with E-state index in [0.29, 0.717) is 28.7 Å². The molecule has 0 saturated carbocycles. The molecule has 4 rings (SSSR count). The largest absolute Gasteiger partial charge is 0.493 e. The molecular weight excluding hydrogens is 453 g/mol. The van der Waals surface area contributed by atoms with Gasteiger partial charge in [0.15, 0.2) is 16.9 Å². The normalized spacial score (nSPS) is 14.6. The van der Waals surface area contributed by atoms with Crippen LogP contribution >= 0.6 is 11.8 Å². The summed E-state index contributed by atoms with van der Waals surface area (Å²) in [4.78, 5) is 13.7. The summed E-state index contributed by atoms with van der Waals surface area (Å²) >= 11 is 1.43. The van der Waals surface area contributed by atoms with Gasteiger partial charge in [-0.3, -0.25) is 4.79 Å². The molecule has 1 aliphatic carbocycles. The molecule has 0 amide bonds. The van der Waals surface area contributed by atoms with Crippen LogP contribution in [0.4, 0.5) is 4.39 Å². The maximum Gasteiger partial charge on any atom is 0.203 e. The lowest BCUT2D eigenvalue weighted by Crippen LogP contribution is -2.22. The molecule has 0 fully saturated rings. The van der Waals surface area contributed by atoms with Crippen LogP contribution in [0.2, 0.25) is 0 Å². The second kappa shape index (κ2) is 10.5. The maximum atomic E-state index is 13.3. The number of ether oxygens (including phenoxy) is 3. The van der Waals surface area contributed by atoms with Crippen LogP contribution in [0.25, 0.3) is 11.1 Å². The zero-order valence-corrected chi connectivity index (χ0v) is 20.6. The first-order valence-electron chi connectivity index (χ1n) is 11.0. The van der Waals surface area contributed by atoms with E-state index in [-0.39, 0.29) is 17.3 Å². The van der Waals surface area contributed by atoms with Crippen LogP contribution in [-0.2, 0) is 13.0 Å². The minimum absolute atomic E-state index is 0.0229. The molecule has 0 bridgehead atoms. The molecule has 0 saturated heterocycles. The van der Waals surface area contributed by atoms with Crippen LogP contribution in [0.3, 0.4) is 0 Å². The molecule has 0 heterocycles. The fraction of sp³-hybridized carbons (Fsp3) is 0.296. The van der Waals surface area contributed by atoms with Crippen LogP contribution < -0.4 is 25.0 Å². The first-order valence-corrected chi connectivity index (χ1v) is 12.3. The Labute approximate surface area is 203 Å². The number of aryl methyl sites for hydroxylation is 1. The van der Waals surface area contributed by atoms with E-state index in [1.165, 1.54) is 23.9 Å². The highest BCUT2D eigenvalue weighted by molar-refractivity contribution is 7.98. The number of hydrogen-bond acceptors (Lipinski definition) is 6. The summed E-state index contributed by atoms with van der Waals surface area (Å²) in [6, 6.07) is 13.9. The molecule has 1 aliphatic rings. The first kappa shape index (κ1) is 24.1. The molecular formula is C27H28FNO4S. The van der Waals surface area contributed by atoms with Gasteiger partial charge in [-0.05, 0) is 71.7 Å². The third kappa shape index (κ3) is 4.63. The van der Waals surface area contributed by atoms with Crippen LogP contribution in [-0.4, -0.2) is 27.6 Å². The quantitative estimate of drug-likeness (QED) is 0.458. The summed E-state index contributed by atoms with van der Waals surface area (Å²) < 4.78 is 30.4. The van der Waals surface area contributed by atoms with Gasteiger partial charge in [-0.25, -0.2) is 4.39 Å². The number of halogens is 1. The van der Waals surface area contributed by atoms with E-state index < -0.39 is 0 Å². The predicted molar refractivity (Wildman–Crippen MR) is 134 cm³/mol. The van der Waals surface area contributed by atoms with Crippen LogP contribution in [0.1, 0.15) is 29.2 Å². The summed E-state index contributed by atoms with van der Waals surface area (Å²) in [6.45, 7) is 0.548. The number of nitrogens with one attached hydrogen (secondary N) is 1. The summed E-state index contributed by atoms with van der Waals surface area (Å²) in [6.07, 6.45) is 3.40. The maximum absolute atomic E-state index is 13.3. The monoisotopic (exact) mass is 481 g/mol. The van der Waals surface area contributed by atoms with Gasteiger partial charge in [0, 0.05) is 18.2 Å². The van der Waals surface area contributed by atoms with Crippen LogP contribution in [0.15, 0.2) is 58.2 Å². The van der Waals surface area contributed by atoms with Crippen molar-refractivity contribution in [2.75, 3.05) is 27.6 Å². The standard InChI is InChI=1S/C27H28FNO4S/c1-31-23-13-17-7-11-21(29-15-16-5-8-18(28)9-6-16)20-14-22(30)24(34-4)12-10-19(20)25(17)27(33-3)26(23)32-2/h5-6,8-10,12-14,21,29H,7,11,15H2,1-4H3/t21-/m0/s1. The predicted octanol–water partition coefficient (Wildman–Crippen LogP) is 5.38. The Kier molecular flexibility index (Phi) is 7.44. The van der Waals surface area contributed by atoms with E-state index in [0.717, 1.165) is 40.7 Å². The molecule has 3 aromatic rings. The van der Waals surface area contributed by atoms with Crippen molar-refractivity contribution in [2.24, 2.45) is 0 Å². The molecule has 178 valence electrons. The van der Waals surface area contributed by atoms with Crippen molar-refractivity contribution >= 4 is 11.8 Å². The zero-order valence-electron chi connectivity index (χ0n) is 19.7. The molecule has 0 aliphatic heterocycles. The van der Waals surface area contributed by atoms with Crippen molar-refractivity contribution in [3.63, 3.8) is 0 Å². The van der Waals surface area contributed by atoms with E-state index in [4.69, 9.17) is 14.2 Å². The van der Waals surface area contributed by atoms with Crippen molar-refractivity contribution in [3.8, 4) is 28.4 Å². The van der Waals surface area contributed by atoms with Gasteiger partial charge in [0.2, 0.25) is 5.75 Å². The van der Waals surface area contributed by atoms with E-state index in [9.17, 15) is 9.18 Å². The van der Waals surface area contributed by atoms with Gasteiger partial charge in [-0.2, -0.15) is 0 Å². The minimum atomic E-state index is -0.262. The van der Waals surface area contributed by atoms with E-state index >= 15 is 0 Å². The summed E-state index contributed by atoms with van der Waals surface area (Å²) in [7, 11) is 4.81. The summed E-state index contributed by atoms with van der Waals surface area (Å²) in [5.74, 6) is 1.45. The lowest BCUT2D eigenvalue weighted by Gasteiger charge is -2.20. The average Bonchev–Trinajstić information content (AvgIpc) is 3.10. The Morgan fingerprint density at radius 2 is 1.74 bits per heavy atom. The molecule has 0 radical (unpaired) electrons. The molecule has 5 nitrogen and oxygen atoms in total. The zero-order chi connectivity index (χ0) is 24.2. The SMILES string of the molecule is COc1cc2c(c(OC)c1OC)-c1ccc(SC)c(=O)cc1[C@@H](NCc1ccc(F)cc1)CC2. The third-order valence-electron chi connectivity index (χ3n) is 6.19. The topological polar surface area (TPSA) is 56.8 Å². The smallest absolute Gasteiger partial charge is 0.203 e. The Hall–Kier alpha value is -3.03. The fourth-order valence-electron chi connectivity index (χ4n) is 4.52. The third-order valence-corrected chi connectivity index (χ3v) is 6.96. The van der Waals surface area contributed by atoms with Gasteiger partial charge in [-0.1, -0.05) is 18.2 Å². The number of methoxy groups -OCH3 is 3. The minimum Gasteiger partial charge on any atom is -0.493 e. The van der Waals surface area contributed by atoms with Crippen LogP contribution in [0, 0.1) is 5.82 Å². The number of rotatable bonds is 7. The number of benzene rings is 2. The molecule has 0 spiro atoms. The highest BCUT2D eigenvalue weighted by atomic mass is 32.2. The number of thioether (sulfide) groups is 1. The van der Waals surface area contributed by atoms with E-state index in [1.807, 2.05) is 24.5 Å². The van der Waals surface area contributed by atoms with Crippen molar-refractivity contribution in [3.05, 3.63) is 81.3 Å². The number of fused-ring (bicyclic) bond motifs is 3. The van der Waals surface area contributed by atoms with Crippen molar-refractivity contribution in [1.82, 2.24) is 5.32 Å². The van der Waals surface area contributed by atoms with Crippen molar-refractivity contribution in [1.29, 1.82) is 0 Å². The second-order valence-corrected chi connectivity index (χ2v) is 8.91. The number of hydrogen-bond donors (Lipinski definition) is 1. The Morgan fingerprint density at radius 3 is 2.38 bits per heavy atom. The van der Waals surface area contributed by atoms with Gasteiger partial charge < -0.3 is 19.5 Å². The van der Waals surface area contributed by atoms with E-state index in [2.05, 4.69) is 5.32 Å². The summed E-state index contributed by atoms with van der Waals surface area (Å²) in [5.41, 5.74) is 4.73. The van der Waals surface area contributed by atoms with Gasteiger partial charge in [0.25, 0.3) is 0 Å². The highest BCUT2D eigenvalue weighted by Crippen LogP contribution is 2.50. The Morgan fingerprint density at radius 1 is 1.00 bits per heavy atom. The highest BCUT2D eigenvalue weighted by Gasteiger charge is 2.29. The fourth-order valence-corrected chi connectivity index (χ4v) is 4.99. The van der Waals surface area contributed by atoms with Gasteiger partial charge in [0.1, 0.15) is 5.82 Å². The molecule has 3 aromatic carbocycles. The van der Waals surface area contributed by atoms with Crippen molar-refractivity contribution < 1.29 is 18.6 Å². The van der Waals surface area contributed by atoms with Gasteiger partial charge in [0.05, 0.1) is 26.2 Å². The molecule has 1 N–H and O–H groups in total. The van der Waals surface area contributed by atoms with Gasteiger partial charge >= 0.3 is 0 Å². The first-order chi connectivity index (χ1) is 16.5. The summed E-state index contributed by atoms with van der Waals surface area (Å²) in [5, 5.41) is 3.59. The lowest BCUT2D eigenvalue weighted by molar-refractivity contribution is 0.324. The molecule has 0 unspecified atom stereocenters. The Balaban J connectivity index is 1.89. The Bertz CT molecular complexity index is 1250. The van der Waals surface area contributed by atoms with E-state index in [1.54, 1.807) is 39.5 Å².